The van der Waals surface area contributed by atoms with Gasteiger partial charge in [-0.2, -0.15) is 0 Å². The van der Waals surface area contributed by atoms with Crippen molar-refractivity contribution in [1.82, 2.24) is 4.57 Å². The summed E-state index contributed by atoms with van der Waals surface area (Å²) < 4.78 is 20.6. The van der Waals surface area contributed by atoms with Crippen LogP contribution in [-0.4, -0.2) is 18.3 Å². The Labute approximate surface area is 179 Å². The number of furan rings is 1. The summed E-state index contributed by atoms with van der Waals surface area (Å²) in [6, 6.07) is 12.4. The van der Waals surface area contributed by atoms with Crippen molar-refractivity contribution in [3.8, 4) is 35.0 Å². The van der Waals surface area contributed by atoms with Gasteiger partial charge in [0.25, 0.3) is 5.82 Å². The number of ether oxygens (including phenoxy) is 1. The Morgan fingerprint density at radius 1 is 1.07 bits per heavy atom. The fraction of sp³-hybridized carbons (Fsp3) is 0.208. The van der Waals surface area contributed by atoms with Crippen molar-refractivity contribution in [2.24, 2.45) is 7.05 Å². The third kappa shape index (κ3) is 3.82. The molecule has 0 spiro atoms. The van der Waals surface area contributed by atoms with Crippen LogP contribution in [0.3, 0.4) is 0 Å². The Bertz CT molecular complexity index is 1430. The summed E-state index contributed by atoms with van der Waals surface area (Å²) in [5.74, 6) is 11.6. The molecule has 0 bridgehead atoms. The van der Waals surface area contributed by atoms with E-state index in [1.807, 2.05) is 18.2 Å². The van der Waals surface area contributed by atoms with Gasteiger partial charge in [-0.15, -0.1) is 0 Å². The molecule has 0 saturated carbocycles. The smallest absolute Gasteiger partial charge is 0.254 e. The van der Waals surface area contributed by atoms with Crippen LogP contribution in [0, 0.1) is 42.0 Å². The maximum absolute atomic E-state index is 6.04. The number of hydrogen-bond acceptors (Lipinski definition) is 4. The van der Waals surface area contributed by atoms with Crippen molar-refractivity contribution in [3.05, 3.63) is 42.2 Å². The lowest BCUT2D eigenvalue weighted by molar-refractivity contribution is -0.652. The Morgan fingerprint density at radius 3 is 2.77 bits per heavy atom. The van der Waals surface area contributed by atoms with Crippen LogP contribution in [0.25, 0.3) is 33.0 Å². The predicted molar refractivity (Wildman–Crippen MR) is 119 cm³/mol. The summed E-state index contributed by atoms with van der Waals surface area (Å²) in [5.41, 5.74) is 4.04. The summed E-state index contributed by atoms with van der Waals surface area (Å²) in [4.78, 5) is 0. The molecule has 148 valence electrons. The number of benzene rings is 2. The number of aryl methyl sites for hydroxylation is 1. The van der Waals surface area contributed by atoms with Crippen LogP contribution in [0.15, 0.2) is 40.8 Å². The van der Waals surface area contributed by atoms with Gasteiger partial charge < -0.3 is 13.3 Å². The second-order valence-corrected chi connectivity index (χ2v) is 7.20. The molecule has 0 N–H and O–H groups in total. The summed E-state index contributed by atoms with van der Waals surface area (Å²) in [6.45, 7) is 3.22. The largest absolute Gasteiger partial charge is 0.456 e. The van der Waals surface area contributed by atoms with E-state index in [2.05, 4.69) is 76.3 Å². The van der Waals surface area contributed by atoms with Crippen LogP contribution in [0.2, 0.25) is 0 Å². The van der Waals surface area contributed by atoms with Gasteiger partial charge in [0, 0.05) is 58.8 Å². The van der Waals surface area contributed by atoms with Crippen LogP contribution in [0.1, 0.15) is 5.82 Å². The average Bonchev–Trinajstić information content (AvgIpc) is 3.23. The maximum Gasteiger partial charge on any atom is 0.254 e. The molecule has 0 aliphatic carbocycles. The lowest BCUT2D eigenvalue weighted by Crippen LogP contribution is -2.31. The van der Waals surface area contributed by atoms with Crippen molar-refractivity contribution >= 4 is 45.0 Å². The quantitative estimate of drug-likeness (QED) is 0.219. The maximum atomic E-state index is 6.04. The molecule has 0 amide bonds. The molecule has 2 heterocycles. The third-order valence-corrected chi connectivity index (χ3v) is 5.26. The molecule has 2 aromatic heterocycles. The molecule has 4 rings (SSSR count). The van der Waals surface area contributed by atoms with E-state index in [1.54, 1.807) is 7.11 Å². The highest BCUT2D eigenvalue weighted by atomic mass is 32.2. The first-order chi connectivity index (χ1) is 14.7. The molecule has 4 aromatic rings. The van der Waals surface area contributed by atoms with Crippen LogP contribution in [0.5, 0.6) is 0 Å². The number of imidazole rings is 1. The second-order valence-electron chi connectivity index (χ2n) is 6.50. The minimum Gasteiger partial charge on any atom is -0.456 e. The van der Waals surface area contributed by atoms with Gasteiger partial charge in [-0.05, 0) is 6.07 Å². The summed E-state index contributed by atoms with van der Waals surface area (Å²) in [5, 5.41) is 4.89. The van der Waals surface area contributed by atoms with Crippen molar-refractivity contribution in [2.75, 3.05) is 13.7 Å². The fourth-order valence-corrected chi connectivity index (χ4v) is 3.62. The fourth-order valence-electron chi connectivity index (χ4n) is 3.45. The molecule has 0 unspecified atom stereocenters. The van der Waals surface area contributed by atoms with E-state index in [0.717, 1.165) is 50.8 Å². The second kappa shape index (κ2) is 8.89. The molecule has 2 aromatic carbocycles. The molecule has 0 aliphatic heterocycles. The van der Waals surface area contributed by atoms with Crippen LogP contribution in [0.4, 0.5) is 0 Å². The van der Waals surface area contributed by atoms with Gasteiger partial charge in [0.15, 0.2) is 11.0 Å². The number of rotatable bonds is 4. The molecule has 30 heavy (non-hydrogen) atoms. The van der Waals surface area contributed by atoms with E-state index in [0.29, 0.717) is 13.2 Å². The van der Waals surface area contributed by atoms with Gasteiger partial charge in [-0.25, -0.2) is 9.13 Å². The van der Waals surface area contributed by atoms with Crippen molar-refractivity contribution < 1.29 is 17.9 Å². The van der Waals surface area contributed by atoms with E-state index in [4.69, 9.17) is 13.3 Å². The minimum absolute atomic E-state index is 0.453. The van der Waals surface area contributed by atoms with Crippen molar-refractivity contribution in [1.29, 1.82) is 0 Å². The number of aromatic nitrogens is 2. The van der Waals surface area contributed by atoms with Crippen LogP contribution < -0.4 is 4.57 Å². The predicted octanol–water partition coefficient (Wildman–Crippen LogP) is 3.91. The van der Waals surface area contributed by atoms with E-state index >= 15 is 0 Å². The van der Waals surface area contributed by atoms with Gasteiger partial charge >= 0.3 is 0 Å². The third-order valence-electron chi connectivity index (χ3n) is 4.91. The number of nitrogens with zero attached hydrogens (tertiary/aromatic N) is 2. The topological polar surface area (TPSA) is 40.4 Å². The van der Waals surface area contributed by atoms with Gasteiger partial charge in [-0.1, -0.05) is 18.2 Å². The van der Waals surface area contributed by atoms with E-state index in [9.17, 15) is 0 Å². The Kier molecular flexibility index (Phi) is 5.87. The van der Waals surface area contributed by atoms with Crippen LogP contribution in [-0.2, 0) is 22.5 Å². The van der Waals surface area contributed by atoms with E-state index < -0.39 is 0 Å². The van der Waals surface area contributed by atoms with Gasteiger partial charge in [-0.3, -0.25) is 0 Å². The van der Waals surface area contributed by atoms with Crippen LogP contribution >= 0.6 is 12.0 Å². The standard InChI is InChI=1S/C24H19N2O3S/c1-18-25(2)21-17-24-20(19-10-6-7-11-23(19)29-24)16-22(21)26(18)12-14-28-13-8-4-5-9-15-30-27-3/h6-7,10-11,16-17H,12,14H2,1-3H3/q+1. The zero-order valence-corrected chi connectivity index (χ0v) is 17.7. The minimum atomic E-state index is 0.453. The summed E-state index contributed by atoms with van der Waals surface area (Å²) >= 11 is 1.03. The summed E-state index contributed by atoms with van der Waals surface area (Å²) in [6.07, 6.45) is 2.61. The number of fused-ring (bicyclic) bond motifs is 4. The molecule has 0 saturated heterocycles. The van der Waals surface area contributed by atoms with Crippen molar-refractivity contribution in [3.63, 3.8) is 0 Å². The molecule has 0 radical (unpaired) electrons. The summed E-state index contributed by atoms with van der Waals surface area (Å²) in [7, 11) is 3.61. The first-order valence-electron chi connectivity index (χ1n) is 9.32. The SMILES string of the molecule is COSC#CC#CC#COCCn1c(C)[n+](C)c2cc3oc4ccccc4c3cc21. The van der Waals surface area contributed by atoms with Crippen molar-refractivity contribution in [2.45, 2.75) is 13.5 Å². The normalized spacial score (nSPS) is 10.2. The molecule has 0 atom stereocenters. The van der Waals surface area contributed by atoms with Gasteiger partial charge in [0.2, 0.25) is 0 Å². The monoisotopic (exact) mass is 415 g/mol. The Balaban J connectivity index is 1.56. The number of hydrogen-bond donors (Lipinski definition) is 0. The molecule has 0 fully saturated rings. The lowest BCUT2D eigenvalue weighted by Gasteiger charge is -1.99. The van der Waals surface area contributed by atoms with Gasteiger partial charge in [0.05, 0.1) is 26.2 Å². The van der Waals surface area contributed by atoms with Gasteiger partial charge in [0.1, 0.15) is 30.4 Å². The lowest BCUT2D eigenvalue weighted by atomic mass is 10.1. The molecule has 0 aliphatic rings. The molecule has 6 heteroatoms. The average molecular weight is 415 g/mol. The highest BCUT2D eigenvalue weighted by molar-refractivity contribution is 7.99. The highest BCUT2D eigenvalue weighted by Crippen LogP contribution is 2.31. The first kappa shape index (κ1) is 19.8. The molecular formula is C24H19N2O3S+. The zero-order chi connectivity index (χ0) is 20.9. The van der Waals surface area contributed by atoms with E-state index in [1.165, 1.54) is 0 Å². The molecule has 5 nitrogen and oxygen atoms in total. The number of para-hydroxylation sites is 1. The highest BCUT2D eigenvalue weighted by Gasteiger charge is 2.21. The molecular weight excluding hydrogens is 396 g/mol. The Hall–Kier alpha value is -3.50. The zero-order valence-electron chi connectivity index (χ0n) is 16.9. The van der Waals surface area contributed by atoms with E-state index in [-0.39, 0.29) is 0 Å². The first-order valence-corrected chi connectivity index (χ1v) is 10.1. The Morgan fingerprint density at radius 2 is 1.90 bits per heavy atom.